The lowest BCUT2D eigenvalue weighted by Gasteiger charge is -2.26. The van der Waals surface area contributed by atoms with Gasteiger partial charge in [-0.15, -0.1) is 0 Å². The third-order valence-corrected chi connectivity index (χ3v) is 4.31. The molecular formula is C14H19IN4OS. The van der Waals surface area contributed by atoms with Gasteiger partial charge >= 0.3 is 0 Å². The van der Waals surface area contributed by atoms with E-state index in [9.17, 15) is 0 Å². The molecule has 1 aromatic carbocycles. The second kappa shape index (κ2) is 9.29. The van der Waals surface area contributed by atoms with E-state index in [1.54, 1.807) is 6.21 Å². The van der Waals surface area contributed by atoms with Crippen molar-refractivity contribution < 1.29 is 4.74 Å². The molecule has 0 radical (unpaired) electrons. The van der Waals surface area contributed by atoms with Crippen LogP contribution in [0.2, 0.25) is 0 Å². The lowest BCUT2D eigenvalue weighted by molar-refractivity contribution is 0.0389. The summed E-state index contributed by atoms with van der Waals surface area (Å²) in [5, 5.41) is 7.85. The summed E-state index contributed by atoms with van der Waals surface area (Å²) in [6, 6.07) is 8.05. The van der Waals surface area contributed by atoms with Gasteiger partial charge in [0, 0.05) is 35.3 Å². The first kappa shape index (κ1) is 16.6. The molecule has 1 aliphatic rings. The Kier molecular flexibility index (Phi) is 7.34. The zero-order valence-corrected chi connectivity index (χ0v) is 14.7. The van der Waals surface area contributed by atoms with Crippen LogP contribution in [0.1, 0.15) is 5.56 Å². The fourth-order valence-corrected chi connectivity index (χ4v) is 2.61. The lowest BCUT2D eigenvalue weighted by atomic mass is 10.2. The van der Waals surface area contributed by atoms with Crippen molar-refractivity contribution in [2.24, 2.45) is 5.10 Å². The van der Waals surface area contributed by atoms with E-state index in [-0.39, 0.29) is 0 Å². The topological polar surface area (TPSA) is 48.9 Å². The van der Waals surface area contributed by atoms with Gasteiger partial charge < -0.3 is 10.1 Å². The Hall–Kier alpha value is -0.770. The summed E-state index contributed by atoms with van der Waals surface area (Å²) >= 11 is 7.47. The summed E-state index contributed by atoms with van der Waals surface area (Å²) in [7, 11) is 0. The smallest absolute Gasteiger partial charge is 0.187 e. The van der Waals surface area contributed by atoms with Gasteiger partial charge in [0.25, 0.3) is 0 Å². The number of halogens is 1. The molecule has 5 nitrogen and oxygen atoms in total. The van der Waals surface area contributed by atoms with E-state index in [4.69, 9.17) is 17.0 Å². The number of rotatable bonds is 5. The summed E-state index contributed by atoms with van der Waals surface area (Å²) in [6.07, 6.45) is 1.78. The maximum Gasteiger partial charge on any atom is 0.187 e. The van der Waals surface area contributed by atoms with E-state index in [2.05, 4.69) is 43.3 Å². The summed E-state index contributed by atoms with van der Waals surface area (Å²) < 4.78 is 6.47. The quantitative estimate of drug-likeness (QED) is 0.328. The van der Waals surface area contributed by atoms with Crippen molar-refractivity contribution in [1.29, 1.82) is 0 Å². The van der Waals surface area contributed by atoms with Crippen LogP contribution in [0.15, 0.2) is 29.4 Å². The average molecular weight is 418 g/mol. The molecule has 0 aromatic heterocycles. The SMILES string of the molecule is S=C(NCCN1CCOCC1)NN=Cc1ccccc1I. The second-order valence-electron chi connectivity index (χ2n) is 4.60. The van der Waals surface area contributed by atoms with Crippen molar-refractivity contribution in [2.45, 2.75) is 0 Å². The number of nitrogens with one attached hydrogen (secondary N) is 2. The number of benzene rings is 1. The Morgan fingerprint density at radius 3 is 2.90 bits per heavy atom. The molecule has 0 unspecified atom stereocenters. The highest BCUT2D eigenvalue weighted by atomic mass is 127. The predicted molar refractivity (Wildman–Crippen MR) is 97.7 cm³/mol. The Labute approximate surface area is 144 Å². The van der Waals surface area contributed by atoms with Crippen molar-refractivity contribution >= 4 is 46.1 Å². The Balaban J connectivity index is 1.64. The maximum atomic E-state index is 5.31. The molecule has 1 heterocycles. The fourth-order valence-electron chi connectivity index (χ4n) is 1.93. The molecule has 1 aliphatic heterocycles. The van der Waals surface area contributed by atoms with Crippen molar-refractivity contribution in [3.63, 3.8) is 0 Å². The third kappa shape index (κ3) is 6.25. The number of thiocarbonyl (C=S) groups is 1. The van der Waals surface area contributed by atoms with Gasteiger partial charge in [-0.05, 0) is 40.9 Å². The van der Waals surface area contributed by atoms with Gasteiger partial charge in [0.1, 0.15) is 0 Å². The molecule has 114 valence electrons. The minimum absolute atomic E-state index is 0.547. The Morgan fingerprint density at radius 1 is 1.38 bits per heavy atom. The zero-order chi connectivity index (χ0) is 14.9. The summed E-state index contributed by atoms with van der Waals surface area (Å²) in [6.45, 7) is 5.40. The standard InChI is InChI=1S/C14H19IN4OS/c15-13-4-2-1-3-12(13)11-17-18-14(21)16-5-6-19-7-9-20-10-8-19/h1-4,11H,5-10H2,(H2,16,18,21). The number of hydrogen-bond donors (Lipinski definition) is 2. The van der Waals surface area contributed by atoms with Crippen LogP contribution in [0, 0.1) is 3.57 Å². The number of morpholine rings is 1. The molecule has 1 aromatic rings. The van der Waals surface area contributed by atoms with Gasteiger partial charge in [0.05, 0.1) is 19.4 Å². The molecule has 2 rings (SSSR count). The van der Waals surface area contributed by atoms with Crippen LogP contribution >= 0.6 is 34.8 Å². The molecule has 0 atom stereocenters. The molecular weight excluding hydrogens is 399 g/mol. The van der Waals surface area contributed by atoms with Crippen molar-refractivity contribution in [2.75, 3.05) is 39.4 Å². The Morgan fingerprint density at radius 2 is 2.14 bits per heavy atom. The minimum atomic E-state index is 0.547. The van der Waals surface area contributed by atoms with Crippen LogP contribution in [0.25, 0.3) is 0 Å². The highest BCUT2D eigenvalue weighted by Crippen LogP contribution is 2.08. The normalized spacial score (nSPS) is 16.0. The van der Waals surface area contributed by atoms with Crippen LogP contribution in [0.3, 0.4) is 0 Å². The average Bonchev–Trinajstić information content (AvgIpc) is 2.50. The van der Waals surface area contributed by atoms with Gasteiger partial charge in [-0.1, -0.05) is 18.2 Å². The molecule has 21 heavy (non-hydrogen) atoms. The highest BCUT2D eigenvalue weighted by molar-refractivity contribution is 14.1. The van der Waals surface area contributed by atoms with E-state index in [0.29, 0.717) is 5.11 Å². The first-order chi connectivity index (χ1) is 10.3. The van der Waals surface area contributed by atoms with Crippen molar-refractivity contribution in [3.05, 3.63) is 33.4 Å². The van der Waals surface area contributed by atoms with E-state index in [1.165, 1.54) is 0 Å². The molecule has 0 amide bonds. The van der Waals surface area contributed by atoms with Crippen LogP contribution in [-0.2, 0) is 4.74 Å². The molecule has 1 fully saturated rings. The Bertz CT molecular complexity index is 492. The fraction of sp³-hybridized carbons (Fsp3) is 0.429. The molecule has 0 saturated carbocycles. The molecule has 2 N–H and O–H groups in total. The van der Waals surface area contributed by atoms with E-state index < -0.39 is 0 Å². The van der Waals surface area contributed by atoms with Crippen LogP contribution in [0.5, 0.6) is 0 Å². The monoisotopic (exact) mass is 418 g/mol. The van der Waals surface area contributed by atoms with Crippen molar-refractivity contribution in [1.82, 2.24) is 15.6 Å². The molecule has 0 aliphatic carbocycles. The van der Waals surface area contributed by atoms with Gasteiger partial charge in [0.2, 0.25) is 0 Å². The first-order valence-electron chi connectivity index (χ1n) is 6.87. The van der Waals surface area contributed by atoms with Crippen LogP contribution in [0.4, 0.5) is 0 Å². The molecule has 7 heteroatoms. The minimum Gasteiger partial charge on any atom is -0.379 e. The number of nitrogens with zero attached hydrogens (tertiary/aromatic N) is 2. The van der Waals surface area contributed by atoms with Gasteiger partial charge in [-0.25, -0.2) is 0 Å². The van der Waals surface area contributed by atoms with Gasteiger partial charge in [-0.2, -0.15) is 5.10 Å². The first-order valence-corrected chi connectivity index (χ1v) is 8.36. The van der Waals surface area contributed by atoms with E-state index in [1.807, 2.05) is 24.3 Å². The van der Waals surface area contributed by atoms with Crippen LogP contribution in [-0.4, -0.2) is 55.6 Å². The van der Waals surface area contributed by atoms with Gasteiger partial charge in [0.15, 0.2) is 5.11 Å². The van der Waals surface area contributed by atoms with E-state index >= 15 is 0 Å². The predicted octanol–water partition coefficient (Wildman–Crippen LogP) is 1.42. The zero-order valence-electron chi connectivity index (χ0n) is 11.7. The summed E-state index contributed by atoms with van der Waals surface area (Å²) in [4.78, 5) is 2.36. The van der Waals surface area contributed by atoms with Gasteiger partial charge in [-0.3, -0.25) is 10.3 Å². The van der Waals surface area contributed by atoms with Crippen LogP contribution < -0.4 is 10.7 Å². The summed E-state index contributed by atoms with van der Waals surface area (Å²) in [5.74, 6) is 0. The number of hydrazone groups is 1. The van der Waals surface area contributed by atoms with Crippen molar-refractivity contribution in [3.8, 4) is 0 Å². The van der Waals surface area contributed by atoms with E-state index in [0.717, 1.165) is 48.5 Å². The highest BCUT2D eigenvalue weighted by Gasteiger charge is 2.09. The molecule has 0 spiro atoms. The molecule has 0 bridgehead atoms. The summed E-state index contributed by atoms with van der Waals surface area (Å²) in [5.41, 5.74) is 3.91. The lowest BCUT2D eigenvalue weighted by Crippen LogP contribution is -2.42. The molecule has 1 saturated heterocycles. The maximum absolute atomic E-state index is 5.31. The third-order valence-electron chi connectivity index (χ3n) is 3.09. The number of ether oxygens (including phenoxy) is 1. The largest absolute Gasteiger partial charge is 0.379 e. The second-order valence-corrected chi connectivity index (χ2v) is 6.17. The number of hydrogen-bond acceptors (Lipinski definition) is 4.